The van der Waals surface area contributed by atoms with E-state index in [0.717, 1.165) is 46.6 Å². The third-order valence-corrected chi connectivity index (χ3v) is 14.0. The molecule has 5 aromatic carbocycles. The van der Waals surface area contributed by atoms with Crippen LogP contribution in [-0.4, -0.2) is 17.8 Å². The van der Waals surface area contributed by atoms with Crippen LogP contribution in [0.5, 0.6) is 0 Å². The van der Waals surface area contributed by atoms with E-state index in [2.05, 4.69) is 60.0 Å². The van der Waals surface area contributed by atoms with Crippen LogP contribution >= 0.6 is 16.0 Å². The Kier molecular flexibility index (Phi) is 14.3. The molecule has 270 valence electrons. The number of nitrogens with zero attached hydrogens (tertiary/aromatic N) is 1. The second-order valence-corrected chi connectivity index (χ2v) is 16.6. The molecule has 5 aromatic rings. The minimum Gasteiger partial charge on any atom is -0.274 e. The molecule has 0 N–H and O–H groups in total. The van der Waals surface area contributed by atoms with Crippen LogP contribution in [0.15, 0.2) is 121 Å². The van der Waals surface area contributed by atoms with E-state index < -0.39 is 39.5 Å². The van der Waals surface area contributed by atoms with Gasteiger partial charge in [0.15, 0.2) is 0 Å². The molecule has 0 unspecified atom stereocenters. The van der Waals surface area contributed by atoms with Crippen molar-refractivity contribution in [2.45, 2.75) is 25.3 Å². The normalized spacial score (nSPS) is 16.7. The van der Waals surface area contributed by atoms with Gasteiger partial charge in [0, 0.05) is 25.7 Å². The third-order valence-electron chi connectivity index (χ3n) is 8.85. The zero-order valence-corrected chi connectivity index (χ0v) is 31.6. The Labute approximate surface area is 322 Å². The van der Waals surface area contributed by atoms with E-state index in [1.54, 1.807) is 0 Å². The Bertz CT molecular complexity index is 1810. The van der Waals surface area contributed by atoms with E-state index in [-0.39, 0.29) is 23.1 Å². The van der Waals surface area contributed by atoms with Crippen molar-refractivity contribution in [3.05, 3.63) is 195 Å². The molecule has 0 aromatic heterocycles. The largest absolute Gasteiger partial charge is 2.00 e. The van der Waals surface area contributed by atoms with Crippen molar-refractivity contribution in [1.82, 2.24) is 4.67 Å². The standard InChI is InChI=1S/C38H30F6NP2.C5H5.Fe/c1-26(45(2)47(31-22-18-28(19-23-31)37(39,40)41)32-24-20-29(21-25-32)38(42,43)44)33-15-9-17-35(33)46(30-12-4-3-5-13-30)36-16-8-11-27-10-6-7-14-34(27)36;1-2-4-5-3-1;/h3-26H,1-2H3;1-5H;/q;;+2/t26-,46-;;/m0../s1. The third kappa shape index (κ3) is 9.94. The van der Waals surface area contributed by atoms with Gasteiger partial charge in [-0.25, -0.2) is 0 Å². The molecule has 7 rings (SSSR count). The first-order valence-corrected chi connectivity index (χ1v) is 19.2. The zero-order valence-electron chi connectivity index (χ0n) is 28.7. The van der Waals surface area contributed by atoms with Gasteiger partial charge >= 0.3 is 29.4 Å². The van der Waals surface area contributed by atoms with Crippen molar-refractivity contribution in [1.29, 1.82) is 0 Å². The summed E-state index contributed by atoms with van der Waals surface area (Å²) in [7, 11) is -0.640. The van der Waals surface area contributed by atoms with E-state index in [1.165, 1.54) is 34.9 Å². The fourth-order valence-corrected chi connectivity index (χ4v) is 11.2. The van der Waals surface area contributed by atoms with Crippen molar-refractivity contribution in [3.63, 3.8) is 0 Å². The van der Waals surface area contributed by atoms with Crippen LogP contribution in [0.4, 0.5) is 26.3 Å². The monoisotopic (exact) mass is 797 g/mol. The quantitative estimate of drug-likeness (QED) is 0.0859. The van der Waals surface area contributed by atoms with Crippen LogP contribution in [-0.2, 0) is 29.4 Å². The summed E-state index contributed by atoms with van der Waals surface area (Å²) in [5.41, 5.74) is -0.404. The van der Waals surface area contributed by atoms with Gasteiger partial charge < -0.3 is 0 Å². The molecule has 53 heavy (non-hydrogen) atoms. The maximum atomic E-state index is 13.5. The maximum Gasteiger partial charge on any atom is 2.00 e. The molecule has 10 radical (unpaired) electrons. The fourth-order valence-electron chi connectivity index (χ4n) is 6.16. The van der Waals surface area contributed by atoms with Gasteiger partial charge in [0.05, 0.1) is 11.1 Å². The molecule has 0 amide bonds. The van der Waals surface area contributed by atoms with Crippen molar-refractivity contribution in [2.75, 3.05) is 7.05 Å². The summed E-state index contributed by atoms with van der Waals surface area (Å²) in [6.07, 6.45) is 7.23. The van der Waals surface area contributed by atoms with Crippen LogP contribution in [0.3, 0.4) is 0 Å². The Morgan fingerprint density at radius 3 is 1.55 bits per heavy atom. The van der Waals surface area contributed by atoms with Crippen LogP contribution in [0.1, 0.15) is 18.1 Å². The van der Waals surface area contributed by atoms with Gasteiger partial charge in [-0.05, 0) is 130 Å². The molecule has 1 nitrogen and oxygen atoms in total. The van der Waals surface area contributed by atoms with Gasteiger partial charge in [0.1, 0.15) is 0 Å². The number of fused-ring (bicyclic) bond motifs is 1. The van der Waals surface area contributed by atoms with E-state index in [9.17, 15) is 26.3 Å². The molecule has 10 heteroatoms. The van der Waals surface area contributed by atoms with Gasteiger partial charge in [-0.3, -0.25) is 4.67 Å². The number of halogens is 6. The summed E-state index contributed by atoms with van der Waals surface area (Å²) in [5.74, 6) is 1.06. The molecule has 2 atom stereocenters. The van der Waals surface area contributed by atoms with Gasteiger partial charge in [-0.15, -0.1) is 0 Å². The Morgan fingerprint density at radius 1 is 0.528 bits per heavy atom. The molecule has 0 aliphatic heterocycles. The van der Waals surface area contributed by atoms with Gasteiger partial charge in [0.25, 0.3) is 0 Å². The van der Waals surface area contributed by atoms with E-state index in [4.69, 9.17) is 0 Å². The SMILES string of the molecule is C[C@@H]([C]1[CH][CH][CH][C]1[P@](c1ccccc1)c1cccc2ccccc12)N(C)P(c1ccc(C(F)(F)F)cc1)c1ccc(C(F)(F)F)cc1.[CH]1[CH][CH][CH][CH]1.[Fe+2]. The molecule has 2 aliphatic rings. The summed E-state index contributed by atoms with van der Waals surface area (Å²) in [4.78, 5) is 0. The number of hydrogen-bond donors (Lipinski definition) is 0. The van der Waals surface area contributed by atoms with Gasteiger partial charge in [0.2, 0.25) is 0 Å². The van der Waals surface area contributed by atoms with Crippen LogP contribution < -0.4 is 21.2 Å². The van der Waals surface area contributed by atoms with Crippen molar-refractivity contribution in [3.8, 4) is 0 Å². The first-order chi connectivity index (χ1) is 24.9. The van der Waals surface area contributed by atoms with Gasteiger partial charge in [-0.2, -0.15) is 26.3 Å². The Morgan fingerprint density at radius 2 is 1.02 bits per heavy atom. The smallest absolute Gasteiger partial charge is 0.274 e. The van der Waals surface area contributed by atoms with Crippen molar-refractivity contribution >= 4 is 48.0 Å². The maximum absolute atomic E-state index is 13.5. The Balaban J connectivity index is 0.000000833. The number of benzene rings is 5. The Hall–Kier alpha value is -2.72. The predicted molar refractivity (Wildman–Crippen MR) is 204 cm³/mol. The van der Waals surface area contributed by atoms with Crippen LogP contribution in [0.2, 0.25) is 0 Å². The second kappa shape index (κ2) is 18.3. The molecule has 0 heterocycles. The number of hydrogen-bond acceptors (Lipinski definition) is 1. The van der Waals surface area contributed by atoms with Crippen LogP contribution in [0.25, 0.3) is 10.8 Å². The van der Waals surface area contributed by atoms with Crippen LogP contribution in [0, 0.1) is 62.9 Å². The summed E-state index contributed by atoms with van der Waals surface area (Å²) in [6, 6.07) is 34.6. The first kappa shape index (κ1) is 41.4. The first-order valence-electron chi connectivity index (χ1n) is 16.6. The molecule has 0 saturated heterocycles. The summed E-state index contributed by atoms with van der Waals surface area (Å²) < 4.78 is 82.8. The molecule has 2 fully saturated rings. The number of rotatable bonds is 8. The average molecular weight is 798 g/mol. The molecule has 0 bridgehead atoms. The predicted octanol–water partition coefficient (Wildman–Crippen LogP) is 10.4. The minimum absolute atomic E-state index is 0. The summed E-state index contributed by atoms with van der Waals surface area (Å²) in [5, 5.41) is 5.90. The van der Waals surface area contributed by atoms with E-state index >= 15 is 0 Å². The molecular formula is C43H35F6FeNP2+2. The minimum atomic E-state index is -4.50. The molecule has 0 spiro atoms. The summed E-state index contributed by atoms with van der Waals surface area (Å²) in [6.45, 7) is 2.05. The summed E-state index contributed by atoms with van der Waals surface area (Å²) >= 11 is 0. The molecule has 2 saturated carbocycles. The van der Waals surface area contributed by atoms with E-state index in [1.807, 2.05) is 82.8 Å². The number of alkyl halides is 6. The second-order valence-electron chi connectivity index (χ2n) is 12.1. The van der Waals surface area contributed by atoms with E-state index in [0.29, 0.717) is 10.6 Å². The van der Waals surface area contributed by atoms with Crippen molar-refractivity contribution < 1.29 is 43.4 Å². The molecule has 2 aliphatic carbocycles. The molecular weight excluding hydrogens is 762 g/mol. The average Bonchev–Trinajstić information content (AvgIpc) is 3.89. The van der Waals surface area contributed by atoms with Crippen molar-refractivity contribution in [2.24, 2.45) is 0 Å². The zero-order chi connectivity index (χ0) is 36.9. The van der Waals surface area contributed by atoms with Gasteiger partial charge in [-0.1, -0.05) is 97.1 Å². The fraction of sp³-hybridized carbons (Fsp3) is 0.116. The topological polar surface area (TPSA) is 3.24 Å².